The zero-order chi connectivity index (χ0) is 13.9. The number of nitrogens with one attached hydrogen (secondary N) is 3. The molecule has 2 aromatic heterocycles. The first kappa shape index (κ1) is 13.3. The molecule has 106 valence electrons. The van der Waals surface area contributed by atoms with Crippen LogP contribution in [-0.2, 0) is 0 Å². The molecule has 6 heteroatoms. The van der Waals surface area contributed by atoms with E-state index in [-0.39, 0.29) is 5.91 Å². The molecule has 0 bridgehead atoms. The Balaban J connectivity index is 1.62. The number of thiazole rings is 1. The first-order valence-corrected chi connectivity index (χ1v) is 7.73. The van der Waals surface area contributed by atoms with Gasteiger partial charge in [-0.05, 0) is 32.4 Å². The molecule has 20 heavy (non-hydrogen) atoms. The molecule has 1 unspecified atom stereocenters. The van der Waals surface area contributed by atoms with Crippen LogP contribution >= 0.6 is 11.3 Å². The molecule has 3 rings (SSSR count). The predicted octanol–water partition coefficient (Wildman–Crippen LogP) is 1.93. The molecule has 1 aliphatic heterocycles. The van der Waals surface area contributed by atoms with Crippen LogP contribution in [0.25, 0.3) is 11.3 Å². The molecule has 2 aromatic rings. The van der Waals surface area contributed by atoms with Crippen LogP contribution in [0.3, 0.4) is 0 Å². The van der Waals surface area contributed by atoms with Crippen LogP contribution in [0.4, 0.5) is 0 Å². The van der Waals surface area contributed by atoms with Crippen LogP contribution in [0.1, 0.15) is 28.3 Å². The van der Waals surface area contributed by atoms with E-state index in [4.69, 9.17) is 0 Å². The van der Waals surface area contributed by atoms with Crippen molar-refractivity contribution in [1.82, 2.24) is 20.6 Å². The van der Waals surface area contributed by atoms with Gasteiger partial charge in [-0.25, -0.2) is 4.98 Å². The molecular weight excluding hydrogens is 272 g/mol. The van der Waals surface area contributed by atoms with E-state index in [0.29, 0.717) is 18.3 Å². The number of aromatic nitrogens is 2. The maximum atomic E-state index is 12.1. The van der Waals surface area contributed by atoms with Crippen LogP contribution in [0.5, 0.6) is 0 Å². The van der Waals surface area contributed by atoms with Crippen molar-refractivity contribution in [1.29, 1.82) is 0 Å². The number of aromatic amines is 1. The molecule has 0 aliphatic carbocycles. The number of rotatable bonds is 4. The lowest BCUT2D eigenvalue weighted by Crippen LogP contribution is -2.37. The van der Waals surface area contributed by atoms with E-state index in [1.165, 1.54) is 6.42 Å². The summed E-state index contributed by atoms with van der Waals surface area (Å²) in [6.45, 7) is 3.71. The minimum Gasteiger partial charge on any atom is -0.357 e. The third kappa shape index (κ3) is 2.91. The first-order chi connectivity index (χ1) is 9.72. The average Bonchev–Trinajstić information content (AvgIpc) is 3.16. The van der Waals surface area contributed by atoms with Crippen molar-refractivity contribution in [3.8, 4) is 11.3 Å². The number of carbonyl (C=O) groups excluding carboxylic acids is 1. The maximum Gasteiger partial charge on any atom is 0.267 e. The second-order valence-electron chi connectivity index (χ2n) is 5.06. The van der Waals surface area contributed by atoms with Crippen molar-refractivity contribution in [2.75, 3.05) is 13.1 Å². The molecule has 3 heterocycles. The molecule has 0 aromatic carbocycles. The highest BCUT2D eigenvalue weighted by molar-refractivity contribution is 7.09. The van der Waals surface area contributed by atoms with E-state index in [9.17, 15) is 4.79 Å². The molecule has 0 saturated carbocycles. The van der Waals surface area contributed by atoms with Crippen molar-refractivity contribution in [3.63, 3.8) is 0 Å². The summed E-state index contributed by atoms with van der Waals surface area (Å²) in [4.78, 5) is 19.5. The van der Waals surface area contributed by atoms with Gasteiger partial charge in [0.2, 0.25) is 0 Å². The van der Waals surface area contributed by atoms with Crippen LogP contribution < -0.4 is 10.6 Å². The Kier molecular flexibility index (Phi) is 3.84. The number of H-pyrrole nitrogens is 1. The van der Waals surface area contributed by atoms with E-state index in [2.05, 4.69) is 20.6 Å². The highest BCUT2D eigenvalue weighted by Gasteiger charge is 2.16. The van der Waals surface area contributed by atoms with E-state index in [1.54, 1.807) is 11.3 Å². The summed E-state index contributed by atoms with van der Waals surface area (Å²) in [6.07, 6.45) is 4.15. The molecule has 3 N–H and O–H groups in total. The van der Waals surface area contributed by atoms with Gasteiger partial charge in [0.1, 0.15) is 5.69 Å². The first-order valence-electron chi connectivity index (χ1n) is 6.85. The van der Waals surface area contributed by atoms with Gasteiger partial charge in [-0.2, -0.15) is 0 Å². The fraction of sp³-hybridized carbons (Fsp3) is 0.429. The summed E-state index contributed by atoms with van der Waals surface area (Å²) in [6, 6.07) is 2.26. The molecule has 1 fully saturated rings. The highest BCUT2D eigenvalue weighted by Crippen LogP contribution is 2.22. The maximum absolute atomic E-state index is 12.1. The van der Waals surface area contributed by atoms with Crippen LogP contribution in [0.15, 0.2) is 17.6 Å². The fourth-order valence-corrected chi connectivity index (χ4v) is 3.03. The number of carbonyl (C=O) groups is 1. The standard InChI is InChI=1S/C14H18N4OS/c1-9-18-13(8-20-9)10-5-12(16-6-10)14(19)17-7-11-3-2-4-15-11/h5-6,8,11,15-16H,2-4,7H2,1H3,(H,17,19). The predicted molar refractivity (Wildman–Crippen MR) is 80.0 cm³/mol. The molecule has 1 atom stereocenters. The second kappa shape index (κ2) is 5.76. The van der Waals surface area contributed by atoms with Gasteiger partial charge in [0, 0.05) is 29.7 Å². The molecule has 1 aliphatic rings. The largest absolute Gasteiger partial charge is 0.357 e. The molecule has 1 amide bonds. The second-order valence-corrected chi connectivity index (χ2v) is 6.12. The summed E-state index contributed by atoms with van der Waals surface area (Å²) in [5, 5.41) is 9.35. The Bertz CT molecular complexity index is 598. The Labute approximate surface area is 121 Å². The third-order valence-electron chi connectivity index (χ3n) is 3.51. The van der Waals surface area contributed by atoms with E-state index in [0.717, 1.165) is 29.2 Å². The summed E-state index contributed by atoms with van der Waals surface area (Å²) in [5.74, 6) is -0.0584. The van der Waals surface area contributed by atoms with Crippen molar-refractivity contribution >= 4 is 17.2 Å². The minimum atomic E-state index is -0.0584. The highest BCUT2D eigenvalue weighted by atomic mass is 32.1. The smallest absolute Gasteiger partial charge is 0.267 e. The number of hydrogen-bond donors (Lipinski definition) is 3. The van der Waals surface area contributed by atoms with E-state index >= 15 is 0 Å². The van der Waals surface area contributed by atoms with Gasteiger partial charge in [-0.1, -0.05) is 0 Å². The third-order valence-corrected chi connectivity index (χ3v) is 4.29. The van der Waals surface area contributed by atoms with Crippen LogP contribution in [-0.4, -0.2) is 35.0 Å². The summed E-state index contributed by atoms with van der Waals surface area (Å²) < 4.78 is 0. The molecule has 0 spiro atoms. The summed E-state index contributed by atoms with van der Waals surface area (Å²) in [7, 11) is 0. The van der Waals surface area contributed by atoms with Crippen LogP contribution in [0.2, 0.25) is 0 Å². The van der Waals surface area contributed by atoms with Crippen LogP contribution in [0, 0.1) is 6.92 Å². The Hall–Kier alpha value is -1.66. The number of hydrogen-bond acceptors (Lipinski definition) is 4. The van der Waals surface area contributed by atoms with Gasteiger partial charge in [-0.3, -0.25) is 4.79 Å². The molecule has 1 saturated heterocycles. The zero-order valence-corrected chi connectivity index (χ0v) is 12.2. The molecule has 5 nitrogen and oxygen atoms in total. The van der Waals surface area contributed by atoms with Gasteiger partial charge in [0.15, 0.2) is 0 Å². The lowest BCUT2D eigenvalue weighted by Gasteiger charge is -2.10. The number of amides is 1. The van der Waals surface area contributed by atoms with Crippen molar-refractivity contribution < 1.29 is 4.79 Å². The topological polar surface area (TPSA) is 69.8 Å². The van der Waals surface area contributed by atoms with Gasteiger partial charge in [-0.15, -0.1) is 11.3 Å². The zero-order valence-electron chi connectivity index (χ0n) is 11.4. The monoisotopic (exact) mass is 290 g/mol. The van der Waals surface area contributed by atoms with Crippen molar-refractivity contribution in [2.45, 2.75) is 25.8 Å². The van der Waals surface area contributed by atoms with E-state index in [1.807, 2.05) is 24.6 Å². The summed E-state index contributed by atoms with van der Waals surface area (Å²) >= 11 is 1.61. The quantitative estimate of drug-likeness (QED) is 0.806. The lowest BCUT2D eigenvalue weighted by atomic mass is 10.2. The fourth-order valence-electron chi connectivity index (χ4n) is 2.41. The van der Waals surface area contributed by atoms with E-state index < -0.39 is 0 Å². The lowest BCUT2D eigenvalue weighted by molar-refractivity contribution is 0.0946. The Morgan fingerprint density at radius 2 is 2.50 bits per heavy atom. The average molecular weight is 290 g/mol. The van der Waals surface area contributed by atoms with Gasteiger partial charge in [0.25, 0.3) is 5.91 Å². The number of nitrogens with zero attached hydrogens (tertiary/aromatic N) is 1. The normalized spacial score (nSPS) is 18.4. The Morgan fingerprint density at radius 3 is 3.20 bits per heavy atom. The van der Waals surface area contributed by atoms with Crippen molar-refractivity contribution in [2.24, 2.45) is 0 Å². The van der Waals surface area contributed by atoms with Gasteiger partial charge in [0.05, 0.1) is 10.7 Å². The van der Waals surface area contributed by atoms with Gasteiger partial charge >= 0.3 is 0 Å². The Morgan fingerprint density at radius 1 is 1.60 bits per heavy atom. The minimum absolute atomic E-state index is 0.0584. The molecule has 0 radical (unpaired) electrons. The van der Waals surface area contributed by atoms with Gasteiger partial charge < -0.3 is 15.6 Å². The summed E-state index contributed by atoms with van der Waals surface area (Å²) in [5.41, 5.74) is 2.46. The molecular formula is C14H18N4OS. The number of aryl methyl sites for hydroxylation is 1. The SMILES string of the molecule is Cc1nc(-c2c[nH]c(C(=O)NCC3CCCN3)c2)cs1. The van der Waals surface area contributed by atoms with Crippen molar-refractivity contribution in [3.05, 3.63) is 28.3 Å².